The van der Waals surface area contributed by atoms with Gasteiger partial charge in [0.15, 0.2) is 0 Å². The second-order valence-electron chi connectivity index (χ2n) is 5.26. The lowest BCUT2D eigenvalue weighted by Crippen LogP contribution is -2.44. The highest BCUT2D eigenvalue weighted by molar-refractivity contribution is 8.00. The van der Waals surface area contributed by atoms with E-state index in [4.69, 9.17) is 10.6 Å². The minimum atomic E-state index is 0.186. The summed E-state index contributed by atoms with van der Waals surface area (Å²) in [6.07, 6.45) is 0.903. The Kier molecular flexibility index (Phi) is 4.87. The molecule has 0 spiro atoms. The van der Waals surface area contributed by atoms with E-state index < -0.39 is 0 Å². The van der Waals surface area contributed by atoms with E-state index in [0.717, 1.165) is 25.3 Å². The Morgan fingerprint density at radius 1 is 1.40 bits per heavy atom. The van der Waals surface area contributed by atoms with Crippen molar-refractivity contribution in [3.63, 3.8) is 0 Å². The standard InChI is InChI=1S/C12H22N6OS/c1-4-6-19-11-15-9(17-13)14-10(16-11)18-5-7-20-12(2,3)8-18/h4-8,13H2,1-3H3,(H,14,15,16,17). The average Bonchev–Trinajstić information content (AvgIpc) is 2.43. The van der Waals surface area contributed by atoms with E-state index in [1.165, 1.54) is 0 Å². The van der Waals surface area contributed by atoms with E-state index in [9.17, 15) is 0 Å². The molecule has 0 saturated carbocycles. The molecule has 1 aromatic heterocycles. The highest BCUT2D eigenvalue weighted by Crippen LogP contribution is 2.31. The van der Waals surface area contributed by atoms with Gasteiger partial charge in [-0.2, -0.15) is 26.7 Å². The molecule has 1 aliphatic heterocycles. The number of nitrogen functional groups attached to an aromatic ring is 1. The van der Waals surface area contributed by atoms with E-state index >= 15 is 0 Å². The highest BCUT2D eigenvalue weighted by atomic mass is 32.2. The van der Waals surface area contributed by atoms with Crippen molar-refractivity contribution in [2.24, 2.45) is 5.84 Å². The second-order valence-corrected chi connectivity index (χ2v) is 7.07. The molecule has 7 nitrogen and oxygen atoms in total. The normalized spacial score (nSPS) is 17.9. The van der Waals surface area contributed by atoms with E-state index in [0.29, 0.717) is 24.5 Å². The van der Waals surface area contributed by atoms with Crippen LogP contribution in [-0.2, 0) is 0 Å². The maximum absolute atomic E-state index is 5.49. The Hall–Kier alpha value is -1.28. The molecule has 0 bridgehead atoms. The molecule has 20 heavy (non-hydrogen) atoms. The number of nitrogens with two attached hydrogens (primary N) is 1. The van der Waals surface area contributed by atoms with E-state index in [2.05, 4.69) is 39.1 Å². The van der Waals surface area contributed by atoms with Crippen LogP contribution >= 0.6 is 11.8 Å². The van der Waals surface area contributed by atoms with Crippen LogP contribution in [0.5, 0.6) is 6.01 Å². The van der Waals surface area contributed by atoms with Gasteiger partial charge in [0.2, 0.25) is 11.9 Å². The molecular formula is C12H22N6OS. The largest absolute Gasteiger partial charge is 0.463 e. The highest BCUT2D eigenvalue weighted by Gasteiger charge is 2.29. The molecule has 1 saturated heterocycles. The van der Waals surface area contributed by atoms with Crippen LogP contribution in [0.3, 0.4) is 0 Å². The van der Waals surface area contributed by atoms with Crippen LogP contribution in [-0.4, -0.2) is 45.1 Å². The van der Waals surface area contributed by atoms with Gasteiger partial charge in [-0.1, -0.05) is 6.92 Å². The fourth-order valence-corrected chi connectivity index (χ4v) is 3.11. The first-order valence-corrected chi connectivity index (χ1v) is 7.77. The van der Waals surface area contributed by atoms with Gasteiger partial charge in [0, 0.05) is 23.6 Å². The van der Waals surface area contributed by atoms with Crippen molar-refractivity contribution in [3.05, 3.63) is 0 Å². The fraction of sp³-hybridized carbons (Fsp3) is 0.750. The van der Waals surface area contributed by atoms with Gasteiger partial charge in [0.1, 0.15) is 0 Å². The number of nitrogens with one attached hydrogen (secondary N) is 1. The zero-order valence-electron chi connectivity index (χ0n) is 12.2. The molecule has 0 atom stereocenters. The Morgan fingerprint density at radius 3 is 2.85 bits per heavy atom. The quantitative estimate of drug-likeness (QED) is 0.620. The van der Waals surface area contributed by atoms with Crippen LogP contribution in [0, 0.1) is 0 Å². The Bertz CT molecular complexity index is 456. The lowest BCUT2D eigenvalue weighted by molar-refractivity contribution is 0.291. The van der Waals surface area contributed by atoms with E-state index in [-0.39, 0.29) is 4.75 Å². The van der Waals surface area contributed by atoms with Crippen LogP contribution in [0.2, 0.25) is 0 Å². The molecule has 3 N–H and O–H groups in total. The van der Waals surface area contributed by atoms with Crippen molar-refractivity contribution in [2.75, 3.05) is 35.8 Å². The van der Waals surface area contributed by atoms with Gasteiger partial charge < -0.3 is 9.64 Å². The Morgan fingerprint density at radius 2 is 2.20 bits per heavy atom. The molecule has 2 heterocycles. The van der Waals surface area contributed by atoms with Gasteiger partial charge in [-0.05, 0) is 20.3 Å². The molecule has 0 aromatic carbocycles. The summed E-state index contributed by atoms with van der Waals surface area (Å²) in [6.45, 7) is 8.86. The Labute approximate surface area is 123 Å². The van der Waals surface area contributed by atoms with Crippen LogP contribution in [0.4, 0.5) is 11.9 Å². The van der Waals surface area contributed by atoms with Crippen LogP contribution in [0.15, 0.2) is 0 Å². The number of aromatic nitrogens is 3. The van der Waals surface area contributed by atoms with Crippen LogP contribution in [0.1, 0.15) is 27.2 Å². The molecule has 0 radical (unpaired) electrons. The first-order valence-electron chi connectivity index (χ1n) is 6.78. The first kappa shape index (κ1) is 15.1. The minimum Gasteiger partial charge on any atom is -0.463 e. The number of nitrogens with zero attached hydrogens (tertiary/aromatic N) is 4. The average molecular weight is 298 g/mol. The molecule has 1 aromatic rings. The fourth-order valence-electron chi connectivity index (χ4n) is 2.00. The topological polar surface area (TPSA) is 89.2 Å². The number of rotatable bonds is 5. The van der Waals surface area contributed by atoms with Crippen molar-refractivity contribution < 1.29 is 4.74 Å². The second kappa shape index (κ2) is 6.45. The SMILES string of the molecule is CCCOc1nc(NN)nc(N2CCSC(C)(C)C2)n1. The van der Waals surface area contributed by atoms with Gasteiger partial charge in [0.25, 0.3) is 0 Å². The van der Waals surface area contributed by atoms with Crippen LogP contribution < -0.4 is 20.9 Å². The van der Waals surface area contributed by atoms with Crippen molar-refractivity contribution in [1.29, 1.82) is 0 Å². The Balaban J connectivity index is 2.21. The molecule has 1 fully saturated rings. The molecule has 2 rings (SSSR count). The summed E-state index contributed by atoms with van der Waals surface area (Å²) in [6, 6.07) is 0.320. The number of thioether (sulfide) groups is 1. The summed E-state index contributed by atoms with van der Waals surface area (Å²) in [5, 5.41) is 0. The predicted octanol–water partition coefficient (Wildman–Crippen LogP) is 1.28. The number of hydrogen-bond acceptors (Lipinski definition) is 8. The summed E-state index contributed by atoms with van der Waals surface area (Å²) in [7, 11) is 0. The zero-order chi connectivity index (χ0) is 14.6. The molecule has 0 amide bonds. The minimum absolute atomic E-state index is 0.186. The number of hydrazine groups is 1. The van der Waals surface area contributed by atoms with Gasteiger partial charge in [-0.25, -0.2) is 5.84 Å². The molecule has 8 heteroatoms. The summed E-state index contributed by atoms with van der Waals surface area (Å²) >= 11 is 1.96. The third kappa shape index (κ3) is 3.86. The maximum atomic E-state index is 5.49. The number of anilines is 2. The van der Waals surface area contributed by atoms with Crippen molar-refractivity contribution >= 4 is 23.7 Å². The van der Waals surface area contributed by atoms with Crippen molar-refractivity contribution in [2.45, 2.75) is 31.9 Å². The molecule has 1 aliphatic rings. The predicted molar refractivity (Wildman–Crippen MR) is 82.2 cm³/mol. The molecule has 112 valence electrons. The van der Waals surface area contributed by atoms with Crippen LogP contribution in [0.25, 0.3) is 0 Å². The van der Waals surface area contributed by atoms with Gasteiger partial charge in [0.05, 0.1) is 6.61 Å². The van der Waals surface area contributed by atoms with Crippen molar-refractivity contribution in [3.8, 4) is 6.01 Å². The maximum Gasteiger partial charge on any atom is 0.323 e. The summed E-state index contributed by atoms with van der Waals surface area (Å²) in [5.74, 6) is 7.42. The third-order valence-corrected chi connectivity index (χ3v) is 4.17. The molecule has 0 aliphatic carbocycles. The van der Waals surface area contributed by atoms with Crippen molar-refractivity contribution in [1.82, 2.24) is 15.0 Å². The summed E-state index contributed by atoms with van der Waals surface area (Å²) in [4.78, 5) is 15.0. The van der Waals surface area contributed by atoms with E-state index in [1.54, 1.807) is 0 Å². The van der Waals surface area contributed by atoms with E-state index in [1.807, 2.05) is 18.7 Å². The molecule has 0 unspecified atom stereocenters. The molecular weight excluding hydrogens is 276 g/mol. The number of ether oxygens (including phenoxy) is 1. The lowest BCUT2D eigenvalue weighted by Gasteiger charge is -2.37. The smallest absolute Gasteiger partial charge is 0.323 e. The summed E-state index contributed by atoms with van der Waals surface area (Å²) < 4.78 is 5.68. The zero-order valence-corrected chi connectivity index (χ0v) is 13.0. The van der Waals surface area contributed by atoms with Gasteiger partial charge in [-0.15, -0.1) is 0 Å². The lowest BCUT2D eigenvalue weighted by atomic mass is 10.2. The van der Waals surface area contributed by atoms with Gasteiger partial charge in [-0.3, -0.25) is 5.43 Å². The van der Waals surface area contributed by atoms with Gasteiger partial charge >= 0.3 is 6.01 Å². The summed E-state index contributed by atoms with van der Waals surface area (Å²) in [5.41, 5.74) is 2.47. The monoisotopic (exact) mass is 298 g/mol. The first-order chi connectivity index (χ1) is 9.54. The third-order valence-electron chi connectivity index (χ3n) is 2.88. The number of hydrogen-bond donors (Lipinski definition) is 2.